The molecule has 0 spiro atoms. The number of hydrogen-bond acceptors (Lipinski definition) is 6. The fourth-order valence-electron chi connectivity index (χ4n) is 1.29. The van der Waals surface area contributed by atoms with E-state index in [9.17, 15) is 9.59 Å². The van der Waals surface area contributed by atoms with Gasteiger partial charge in [0.25, 0.3) is 0 Å². The van der Waals surface area contributed by atoms with Crippen molar-refractivity contribution in [3.05, 3.63) is 23.8 Å². The summed E-state index contributed by atoms with van der Waals surface area (Å²) in [6, 6.07) is 4.71. The number of esters is 1. The van der Waals surface area contributed by atoms with Crippen molar-refractivity contribution in [1.29, 1.82) is 0 Å². The third kappa shape index (κ3) is 3.85. The molecular formula is C11H15N3O4. The van der Waals surface area contributed by atoms with Gasteiger partial charge in [-0.3, -0.25) is 0 Å². The van der Waals surface area contributed by atoms with E-state index in [-0.39, 0.29) is 6.61 Å². The molecule has 0 aliphatic rings. The molecule has 0 atom stereocenters. The zero-order valence-corrected chi connectivity index (χ0v) is 9.93. The number of methoxy groups -OCH3 is 1. The molecule has 0 unspecified atom stereocenters. The molecule has 0 saturated carbocycles. The standard InChI is InChI=1S/C11H15N3O4/c1-17-10(15)7-2-3-8(12)9(6-7)14-4-5-18-11(13)16/h2-3,6,14H,4-5,12H2,1H3,(H2,13,16). The first kappa shape index (κ1) is 13.6. The number of nitrogens with two attached hydrogens (primary N) is 2. The molecule has 0 heterocycles. The summed E-state index contributed by atoms with van der Waals surface area (Å²) in [5.41, 5.74) is 11.9. The van der Waals surface area contributed by atoms with Crippen LogP contribution in [0, 0.1) is 0 Å². The molecule has 0 aliphatic heterocycles. The molecule has 1 amide bonds. The maximum atomic E-state index is 11.3. The van der Waals surface area contributed by atoms with Gasteiger partial charge < -0.3 is 26.3 Å². The van der Waals surface area contributed by atoms with Crippen LogP contribution in [0.15, 0.2) is 18.2 Å². The Bertz CT molecular complexity index is 448. The monoisotopic (exact) mass is 253 g/mol. The highest BCUT2D eigenvalue weighted by molar-refractivity contribution is 5.91. The highest BCUT2D eigenvalue weighted by atomic mass is 16.5. The lowest BCUT2D eigenvalue weighted by Crippen LogP contribution is -2.18. The molecule has 1 aromatic rings. The number of ether oxygens (including phenoxy) is 2. The van der Waals surface area contributed by atoms with Gasteiger partial charge in [0.05, 0.1) is 24.0 Å². The second-order valence-electron chi connectivity index (χ2n) is 3.39. The van der Waals surface area contributed by atoms with Gasteiger partial charge in [-0.15, -0.1) is 0 Å². The first-order chi connectivity index (χ1) is 8.54. The van der Waals surface area contributed by atoms with Gasteiger partial charge in [0.2, 0.25) is 0 Å². The lowest BCUT2D eigenvalue weighted by atomic mass is 10.1. The van der Waals surface area contributed by atoms with Crippen LogP contribution >= 0.6 is 0 Å². The first-order valence-corrected chi connectivity index (χ1v) is 5.18. The Balaban J connectivity index is 2.64. The average molecular weight is 253 g/mol. The van der Waals surface area contributed by atoms with Crippen LogP contribution in [0.5, 0.6) is 0 Å². The Hall–Kier alpha value is -2.44. The number of benzene rings is 1. The maximum absolute atomic E-state index is 11.3. The molecule has 7 nitrogen and oxygen atoms in total. The number of primary amides is 1. The van der Waals surface area contributed by atoms with Crippen molar-refractivity contribution >= 4 is 23.4 Å². The number of carbonyl (C=O) groups is 2. The smallest absolute Gasteiger partial charge is 0.404 e. The van der Waals surface area contributed by atoms with Crippen LogP contribution < -0.4 is 16.8 Å². The van der Waals surface area contributed by atoms with Gasteiger partial charge in [0.15, 0.2) is 0 Å². The summed E-state index contributed by atoms with van der Waals surface area (Å²) in [4.78, 5) is 21.7. The lowest BCUT2D eigenvalue weighted by molar-refractivity contribution is 0.0601. The van der Waals surface area contributed by atoms with E-state index in [1.807, 2.05) is 0 Å². The summed E-state index contributed by atoms with van der Waals surface area (Å²) in [6.45, 7) is 0.439. The van der Waals surface area contributed by atoms with E-state index in [1.165, 1.54) is 7.11 Å². The van der Waals surface area contributed by atoms with Crippen LogP contribution in [0.4, 0.5) is 16.2 Å². The van der Waals surface area contributed by atoms with E-state index in [2.05, 4.69) is 14.8 Å². The number of nitrogens with one attached hydrogen (secondary N) is 1. The molecule has 0 radical (unpaired) electrons. The summed E-state index contributed by atoms with van der Waals surface area (Å²) in [5.74, 6) is -0.452. The van der Waals surface area contributed by atoms with Crippen LogP contribution in [0.1, 0.15) is 10.4 Å². The number of carbonyl (C=O) groups excluding carboxylic acids is 2. The van der Waals surface area contributed by atoms with Crippen molar-refractivity contribution in [2.45, 2.75) is 0 Å². The summed E-state index contributed by atoms with van der Waals surface area (Å²) in [5, 5.41) is 2.92. The van der Waals surface area contributed by atoms with Crippen LogP contribution in [-0.2, 0) is 9.47 Å². The molecule has 18 heavy (non-hydrogen) atoms. The van der Waals surface area contributed by atoms with Crippen molar-refractivity contribution in [3.63, 3.8) is 0 Å². The van der Waals surface area contributed by atoms with E-state index < -0.39 is 12.1 Å². The molecule has 0 aromatic heterocycles. The quantitative estimate of drug-likeness (QED) is 0.401. The van der Waals surface area contributed by atoms with Crippen molar-refractivity contribution in [3.8, 4) is 0 Å². The molecule has 0 aliphatic carbocycles. The van der Waals surface area contributed by atoms with Gasteiger partial charge in [0, 0.05) is 6.54 Å². The Morgan fingerprint density at radius 1 is 1.39 bits per heavy atom. The van der Waals surface area contributed by atoms with Crippen molar-refractivity contribution in [2.24, 2.45) is 5.73 Å². The molecule has 7 heteroatoms. The third-order valence-electron chi connectivity index (χ3n) is 2.14. The van der Waals surface area contributed by atoms with Gasteiger partial charge in [-0.1, -0.05) is 0 Å². The Kier molecular flexibility index (Phi) is 4.79. The topological polar surface area (TPSA) is 117 Å². The average Bonchev–Trinajstić information content (AvgIpc) is 2.35. The second kappa shape index (κ2) is 6.33. The fraction of sp³-hybridized carbons (Fsp3) is 0.273. The zero-order valence-electron chi connectivity index (χ0n) is 9.93. The van der Waals surface area contributed by atoms with Crippen molar-refractivity contribution in [2.75, 3.05) is 31.3 Å². The molecular weight excluding hydrogens is 238 g/mol. The highest BCUT2D eigenvalue weighted by Crippen LogP contribution is 2.20. The zero-order chi connectivity index (χ0) is 13.5. The molecule has 98 valence electrons. The number of anilines is 2. The van der Waals surface area contributed by atoms with E-state index in [4.69, 9.17) is 11.5 Å². The molecule has 0 fully saturated rings. The summed E-state index contributed by atoms with van der Waals surface area (Å²) in [6.07, 6.45) is -0.840. The molecule has 0 saturated heterocycles. The van der Waals surface area contributed by atoms with Gasteiger partial charge in [-0.05, 0) is 18.2 Å². The van der Waals surface area contributed by atoms with Crippen LogP contribution in [0.25, 0.3) is 0 Å². The molecule has 0 bridgehead atoms. The summed E-state index contributed by atoms with van der Waals surface area (Å²) in [7, 11) is 1.30. The predicted molar refractivity (Wildman–Crippen MR) is 66.2 cm³/mol. The Morgan fingerprint density at radius 3 is 2.72 bits per heavy atom. The van der Waals surface area contributed by atoms with Gasteiger partial charge in [0.1, 0.15) is 6.61 Å². The number of hydrogen-bond donors (Lipinski definition) is 3. The lowest BCUT2D eigenvalue weighted by Gasteiger charge is -2.10. The minimum absolute atomic E-state index is 0.108. The van der Waals surface area contributed by atoms with Crippen LogP contribution in [0.2, 0.25) is 0 Å². The first-order valence-electron chi connectivity index (χ1n) is 5.18. The van der Waals surface area contributed by atoms with Gasteiger partial charge in [-0.2, -0.15) is 0 Å². The fourth-order valence-corrected chi connectivity index (χ4v) is 1.29. The van der Waals surface area contributed by atoms with Gasteiger partial charge in [-0.25, -0.2) is 9.59 Å². The number of nitrogen functional groups attached to an aromatic ring is 1. The number of rotatable bonds is 5. The minimum atomic E-state index is -0.840. The van der Waals surface area contributed by atoms with E-state index in [0.29, 0.717) is 23.5 Å². The SMILES string of the molecule is COC(=O)c1ccc(N)c(NCCOC(N)=O)c1. The normalized spacial score (nSPS) is 9.61. The molecule has 1 aromatic carbocycles. The number of amides is 1. The molecule has 5 N–H and O–H groups in total. The van der Waals surface area contributed by atoms with Crippen LogP contribution in [-0.4, -0.2) is 32.3 Å². The second-order valence-corrected chi connectivity index (χ2v) is 3.39. The van der Waals surface area contributed by atoms with Crippen molar-refractivity contribution < 1.29 is 19.1 Å². The largest absolute Gasteiger partial charge is 0.465 e. The van der Waals surface area contributed by atoms with Gasteiger partial charge >= 0.3 is 12.1 Å². The van der Waals surface area contributed by atoms with E-state index in [0.717, 1.165) is 0 Å². The van der Waals surface area contributed by atoms with Crippen LogP contribution in [0.3, 0.4) is 0 Å². The highest BCUT2D eigenvalue weighted by Gasteiger charge is 2.08. The van der Waals surface area contributed by atoms with Crippen molar-refractivity contribution in [1.82, 2.24) is 0 Å². The maximum Gasteiger partial charge on any atom is 0.404 e. The minimum Gasteiger partial charge on any atom is -0.465 e. The summed E-state index contributed by atoms with van der Waals surface area (Å²) >= 11 is 0. The van der Waals surface area contributed by atoms with E-state index in [1.54, 1.807) is 18.2 Å². The Labute approximate surface area is 104 Å². The van der Waals surface area contributed by atoms with E-state index >= 15 is 0 Å². The Morgan fingerprint density at radius 2 is 2.11 bits per heavy atom. The molecule has 1 rings (SSSR count). The summed E-state index contributed by atoms with van der Waals surface area (Å²) < 4.78 is 9.14. The third-order valence-corrected chi connectivity index (χ3v) is 2.14. The predicted octanol–water partition coefficient (Wildman–Crippen LogP) is 0.563.